The predicted molar refractivity (Wildman–Crippen MR) is 45.7 cm³/mol. The van der Waals surface area contributed by atoms with Crippen LogP contribution < -0.4 is 5.32 Å². The summed E-state index contributed by atoms with van der Waals surface area (Å²) in [7, 11) is 0. The van der Waals surface area contributed by atoms with Gasteiger partial charge in [-0.3, -0.25) is 0 Å². The summed E-state index contributed by atoms with van der Waals surface area (Å²) in [6.07, 6.45) is 4.42. The number of hydrogen-bond acceptors (Lipinski definition) is 3. The molecule has 0 amide bonds. The molecule has 0 aromatic carbocycles. The number of rotatable bonds is 4. The van der Waals surface area contributed by atoms with Gasteiger partial charge in [0.1, 0.15) is 12.2 Å². The Labute approximate surface area is 72.0 Å². The molecule has 4 nitrogen and oxygen atoms in total. The Kier molecular flexibility index (Phi) is 2.08. The molecule has 1 heterocycles. The minimum absolute atomic E-state index is 0.689. The van der Waals surface area contributed by atoms with Crippen LogP contribution in [0.5, 0.6) is 0 Å². The molecule has 0 unspecified atom stereocenters. The van der Waals surface area contributed by atoms with Crippen molar-refractivity contribution in [2.24, 2.45) is 0 Å². The average molecular weight is 166 g/mol. The average Bonchev–Trinajstić information content (AvgIpc) is 2.83. The lowest BCUT2D eigenvalue weighted by molar-refractivity contribution is 0.620. The van der Waals surface area contributed by atoms with Gasteiger partial charge in [-0.1, -0.05) is 6.92 Å². The molecule has 4 heteroatoms. The van der Waals surface area contributed by atoms with Gasteiger partial charge in [-0.25, -0.2) is 0 Å². The van der Waals surface area contributed by atoms with Gasteiger partial charge in [0.2, 0.25) is 0 Å². The molecule has 1 aromatic heterocycles. The SMILES string of the molecule is CCNCc1nncn1C1CC1. The van der Waals surface area contributed by atoms with Crippen molar-refractivity contribution in [3.63, 3.8) is 0 Å². The van der Waals surface area contributed by atoms with Crippen molar-refractivity contribution in [3.8, 4) is 0 Å². The van der Waals surface area contributed by atoms with Crippen LogP contribution in [0.4, 0.5) is 0 Å². The zero-order chi connectivity index (χ0) is 8.39. The first kappa shape index (κ1) is 7.73. The molecule has 0 bridgehead atoms. The van der Waals surface area contributed by atoms with Gasteiger partial charge < -0.3 is 9.88 Å². The molecule has 2 rings (SSSR count). The fourth-order valence-corrected chi connectivity index (χ4v) is 1.29. The quantitative estimate of drug-likeness (QED) is 0.716. The van der Waals surface area contributed by atoms with Crippen LogP contribution in [0.3, 0.4) is 0 Å². The first-order valence-electron chi connectivity index (χ1n) is 4.51. The minimum Gasteiger partial charge on any atom is -0.313 e. The van der Waals surface area contributed by atoms with Crippen LogP contribution in [0.1, 0.15) is 31.6 Å². The topological polar surface area (TPSA) is 42.7 Å². The van der Waals surface area contributed by atoms with Crippen molar-refractivity contribution in [1.82, 2.24) is 20.1 Å². The van der Waals surface area contributed by atoms with Crippen LogP contribution in [-0.4, -0.2) is 21.3 Å². The van der Waals surface area contributed by atoms with Crippen LogP contribution in [0.25, 0.3) is 0 Å². The van der Waals surface area contributed by atoms with Crippen LogP contribution in [0.2, 0.25) is 0 Å². The molecule has 1 aromatic rings. The highest BCUT2D eigenvalue weighted by atomic mass is 15.3. The number of hydrogen-bond donors (Lipinski definition) is 1. The van der Waals surface area contributed by atoms with E-state index in [-0.39, 0.29) is 0 Å². The standard InChI is InChI=1S/C8H14N4/c1-2-9-5-8-11-10-6-12(8)7-3-4-7/h6-7,9H,2-5H2,1H3. The molecule has 0 saturated heterocycles. The predicted octanol–water partition coefficient (Wildman–Crippen LogP) is 0.722. The van der Waals surface area contributed by atoms with E-state index in [0.717, 1.165) is 18.9 Å². The van der Waals surface area contributed by atoms with Crippen molar-refractivity contribution in [2.45, 2.75) is 32.4 Å². The molecular formula is C8H14N4. The molecule has 0 atom stereocenters. The van der Waals surface area contributed by atoms with E-state index in [2.05, 4.69) is 27.0 Å². The van der Waals surface area contributed by atoms with Crippen LogP contribution in [0, 0.1) is 0 Å². The lowest BCUT2D eigenvalue weighted by Crippen LogP contribution is -2.15. The minimum atomic E-state index is 0.689. The Morgan fingerprint density at radius 2 is 2.50 bits per heavy atom. The third-order valence-electron chi connectivity index (χ3n) is 2.12. The Balaban J connectivity index is 2.03. The summed E-state index contributed by atoms with van der Waals surface area (Å²) in [6, 6.07) is 0.689. The summed E-state index contributed by atoms with van der Waals surface area (Å²) in [5, 5.41) is 11.2. The maximum absolute atomic E-state index is 4.07. The summed E-state index contributed by atoms with van der Waals surface area (Å²) in [5.41, 5.74) is 0. The van der Waals surface area contributed by atoms with Gasteiger partial charge in [-0.2, -0.15) is 0 Å². The molecule has 1 aliphatic rings. The van der Waals surface area contributed by atoms with Crippen LogP contribution in [-0.2, 0) is 6.54 Å². The molecule has 1 aliphatic carbocycles. The molecular weight excluding hydrogens is 152 g/mol. The maximum atomic E-state index is 4.07. The maximum Gasteiger partial charge on any atom is 0.147 e. The summed E-state index contributed by atoms with van der Waals surface area (Å²) < 4.78 is 2.18. The molecule has 1 fully saturated rings. The highest BCUT2D eigenvalue weighted by Gasteiger charge is 2.25. The molecule has 0 aliphatic heterocycles. The van der Waals surface area contributed by atoms with E-state index in [1.165, 1.54) is 12.8 Å². The number of aromatic nitrogens is 3. The molecule has 0 radical (unpaired) electrons. The normalized spacial score (nSPS) is 16.8. The Morgan fingerprint density at radius 3 is 3.17 bits per heavy atom. The molecule has 1 saturated carbocycles. The smallest absolute Gasteiger partial charge is 0.147 e. The second-order valence-electron chi connectivity index (χ2n) is 3.17. The monoisotopic (exact) mass is 166 g/mol. The highest BCUT2D eigenvalue weighted by molar-refractivity contribution is 4.94. The molecule has 66 valence electrons. The number of nitrogens with one attached hydrogen (secondary N) is 1. The van der Waals surface area contributed by atoms with E-state index < -0.39 is 0 Å². The van der Waals surface area contributed by atoms with Crippen molar-refractivity contribution >= 4 is 0 Å². The Bertz CT molecular complexity index is 251. The first-order chi connectivity index (χ1) is 5.92. The van der Waals surface area contributed by atoms with E-state index in [4.69, 9.17) is 0 Å². The van der Waals surface area contributed by atoms with Gasteiger partial charge in [0.05, 0.1) is 6.54 Å². The van der Waals surface area contributed by atoms with Gasteiger partial charge in [0, 0.05) is 6.04 Å². The Hall–Kier alpha value is -0.900. The zero-order valence-corrected chi connectivity index (χ0v) is 7.32. The van der Waals surface area contributed by atoms with E-state index in [1.54, 1.807) is 0 Å². The summed E-state index contributed by atoms with van der Waals surface area (Å²) in [5.74, 6) is 1.07. The van der Waals surface area contributed by atoms with E-state index >= 15 is 0 Å². The van der Waals surface area contributed by atoms with Crippen molar-refractivity contribution < 1.29 is 0 Å². The number of nitrogens with zero attached hydrogens (tertiary/aromatic N) is 3. The fraction of sp³-hybridized carbons (Fsp3) is 0.750. The second kappa shape index (κ2) is 3.23. The van der Waals surface area contributed by atoms with E-state index in [1.807, 2.05) is 6.33 Å². The molecule has 1 N–H and O–H groups in total. The second-order valence-corrected chi connectivity index (χ2v) is 3.17. The molecule has 12 heavy (non-hydrogen) atoms. The summed E-state index contributed by atoms with van der Waals surface area (Å²) in [6.45, 7) is 3.92. The van der Waals surface area contributed by atoms with Crippen LogP contribution in [0.15, 0.2) is 6.33 Å². The molecule has 0 spiro atoms. The fourth-order valence-electron chi connectivity index (χ4n) is 1.29. The van der Waals surface area contributed by atoms with Gasteiger partial charge in [0.25, 0.3) is 0 Å². The zero-order valence-electron chi connectivity index (χ0n) is 7.32. The lowest BCUT2D eigenvalue weighted by atomic mass is 10.5. The first-order valence-corrected chi connectivity index (χ1v) is 4.51. The van der Waals surface area contributed by atoms with Gasteiger partial charge >= 0.3 is 0 Å². The van der Waals surface area contributed by atoms with Gasteiger partial charge in [-0.05, 0) is 19.4 Å². The van der Waals surface area contributed by atoms with Gasteiger partial charge in [-0.15, -0.1) is 10.2 Å². The van der Waals surface area contributed by atoms with Crippen molar-refractivity contribution in [1.29, 1.82) is 0 Å². The van der Waals surface area contributed by atoms with E-state index in [0.29, 0.717) is 6.04 Å². The Morgan fingerprint density at radius 1 is 1.67 bits per heavy atom. The highest BCUT2D eigenvalue weighted by Crippen LogP contribution is 2.35. The van der Waals surface area contributed by atoms with Crippen molar-refractivity contribution in [3.05, 3.63) is 12.2 Å². The third kappa shape index (κ3) is 1.48. The summed E-state index contributed by atoms with van der Waals surface area (Å²) in [4.78, 5) is 0. The third-order valence-corrected chi connectivity index (χ3v) is 2.12. The lowest BCUT2D eigenvalue weighted by Gasteiger charge is -2.03. The van der Waals surface area contributed by atoms with E-state index in [9.17, 15) is 0 Å². The van der Waals surface area contributed by atoms with Crippen molar-refractivity contribution in [2.75, 3.05) is 6.54 Å². The van der Waals surface area contributed by atoms with Gasteiger partial charge in [0.15, 0.2) is 0 Å². The van der Waals surface area contributed by atoms with Crippen LogP contribution >= 0.6 is 0 Å². The summed E-state index contributed by atoms with van der Waals surface area (Å²) >= 11 is 0. The largest absolute Gasteiger partial charge is 0.313 e.